The van der Waals surface area contributed by atoms with Crippen LogP contribution in [0.15, 0.2) is 0 Å². The van der Waals surface area contributed by atoms with E-state index in [1.54, 1.807) is 0 Å². The van der Waals surface area contributed by atoms with Gasteiger partial charge in [0, 0.05) is 0 Å². The number of rotatable bonds is 5. The fourth-order valence-corrected chi connectivity index (χ4v) is 0.981. The zero-order valence-corrected chi connectivity index (χ0v) is 9.60. The van der Waals surface area contributed by atoms with Crippen LogP contribution in [-0.2, 0) is 4.79 Å². The number of nitrogens with two attached hydrogens (primary N) is 1. The molecule has 0 bridgehead atoms. The van der Waals surface area contributed by atoms with E-state index in [4.69, 9.17) is 5.73 Å². The summed E-state index contributed by atoms with van der Waals surface area (Å²) in [5.74, 6) is 1.01. The summed E-state index contributed by atoms with van der Waals surface area (Å²) in [4.78, 5) is 9.44. The molecule has 1 atom stereocenters. The highest BCUT2D eigenvalue weighted by molar-refractivity contribution is 5.72. The monoisotopic (exact) mass is 187 g/mol. The summed E-state index contributed by atoms with van der Waals surface area (Å²) in [5, 5.41) is 0. The van der Waals surface area contributed by atoms with Crippen molar-refractivity contribution in [1.82, 2.24) is 0 Å². The van der Waals surface area contributed by atoms with Crippen LogP contribution < -0.4 is 5.73 Å². The second-order valence-electron chi connectivity index (χ2n) is 3.73. The Labute approximate surface area is 82.9 Å². The van der Waals surface area contributed by atoms with Crippen LogP contribution in [0.25, 0.3) is 0 Å². The molecule has 0 fully saturated rings. The Kier molecular flexibility index (Phi) is 13.5. The lowest BCUT2D eigenvalue weighted by Gasteiger charge is -2.06. The van der Waals surface area contributed by atoms with Gasteiger partial charge in [-0.3, -0.25) is 0 Å². The van der Waals surface area contributed by atoms with Crippen molar-refractivity contribution in [2.75, 3.05) is 6.54 Å². The van der Waals surface area contributed by atoms with Crippen LogP contribution in [0.1, 0.15) is 53.4 Å². The van der Waals surface area contributed by atoms with E-state index in [9.17, 15) is 4.79 Å². The maximum absolute atomic E-state index is 9.44. The third-order valence-corrected chi connectivity index (χ3v) is 1.71. The minimum Gasteiger partial charge on any atom is -0.330 e. The molecule has 0 aromatic rings. The SMILES string of the molecule is CC(C)=O.CCCCC(C)CCN. The van der Waals surface area contributed by atoms with Gasteiger partial charge in [-0.25, -0.2) is 0 Å². The molecule has 2 N–H and O–H groups in total. The zero-order valence-electron chi connectivity index (χ0n) is 9.60. The van der Waals surface area contributed by atoms with Crippen LogP contribution in [0, 0.1) is 5.92 Å². The van der Waals surface area contributed by atoms with E-state index in [-0.39, 0.29) is 5.78 Å². The molecular weight excluding hydrogens is 162 g/mol. The summed E-state index contributed by atoms with van der Waals surface area (Å²) in [6.07, 6.45) is 5.23. The fourth-order valence-electron chi connectivity index (χ4n) is 0.981. The van der Waals surface area contributed by atoms with Crippen LogP contribution in [0.3, 0.4) is 0 Å². The highest BCUT2D eigenvalue weighted by atomic mass is 16.1. The Morgan fingerprint density at radius 3 is 2.08 bits per heavy atom. The highest BCUT2D eigenvalue weighted by Gasteiger charge is 1.97. The molecular formula is C11H25NO. The maximum atomic E-state index is 9.44. The quantitative estimate of drug-likeness (QED) is 0.719. The second-order valence-corrected chi connectivity index (χ2v) is 3.73. The van der Waals surface area contributed by atoms with E-state index in [0.29, 0.717) is 0 Å². The summed E-state index contributed by atoms with van der Waals surface area (Å²) in [7, 11) is 0. The van der Waals surface area contributed by atoms with Crippen molar-refractivity contribution in [2.45, 2.75) is 53.4 Å². The number of hydrogen-bond donors (Lipinski definition) is 1. The van der Waals surface area contributed by atoms with Crippen LogP contribution in [0.4, 0.5) is 0 Å². The molecule has 0 rings (SSSR count). The fraction of sp³-hybridized carbons (Fsp3) is 0.909. The van der Waals surface area contributed by atoms with Gasteiger partial charge in [0.25, 0.3) is 0 Å². The third-order valence-electron chi connectivity index (χ3n) is 1.71. The van der Waals surface area contributed by atoms with Gasteiger partial charge in [-0.05, 0) is 32.7 Å². The Morgan fingerprint density at radius 1 is 1.31 bits per heavy atom. The zero-order chi connectivity index (χ0) is 10.7. The molecule has 1 unspecified atom stereocenters. The first kappa shape index (κ1) is 15.1. The summed E-state index contributed by atoms with van der Waals surface area (Å²) in [5.41, 5.74) is 5.40. The third kappa shape index (κ3) is 24.5. The lowest BCUT2D eigenvalue weighted by atomic mass is 10.0. The number of carbonyl (C=O) groups excluding carboxylic acids is 1. The van der Waals surface area contributed by atoms with Gasteiger partial charge in [0.15, 0.2) is 0 Å². The molecule has 2 heteroatoms. The topological polar surface area (TPSA) is 43.1 Å². The van der Waals surface area contributed by atoms with Gasteiger partial charge in [-0.15, -0.1) is 0 Å². The van der Waals surface area contributed by atoms with Gasteiger partial charge in [-0.1, -0.05) is 33.1 Å². The van der Waals surface area contributed by atoms with Gasteiger partial charge in [0.05, 0.1) is 0 Å². The molecule has 2 nitrogen and oxygen atoms in total. The van der Waals surface area contributed by atoms with Crippen LogP contribution in [0.5, 0.6) is 0 Å². The first-order valence-electron chi connectivity index (χ1n) is 5.21. The molecule has 0 aromatic carbocycles. The highest BCUT2D eigenvalue weighted by Crippen LogP contribution is 2.09. The van der Waals surface area contributed by atoms with Gasteiger partial charge in [-0.2, -0.15) is 0 Å². The molecule has 0 saturated carbocycles. The molecule has 0 aromatic heterocycles. The smallest absolute Gasteiger partial charge is 0.126 e. The van der Waals surface area contributed by atoms with Crippen molar-refractivity contribution in [3.05, 3.63) is 0 Å². The molecule has 0 aliphatic heterocycles. The maximum Gasteiger partial charge on any atom is 0.126 e. The van der Waals surface area contributed by atoms with Gasteiger partial charge in [0.2, 0.25) is 0 Å². The first-order valence-corrected chi connectivity index (χ1v) is 5.21. The normalized spacial score (nSPS) is 11.5. The van der Waals surface area contributed by atoms with Crippen LogP contribution in [0.2, 0.25) is 0 Å². The standard InChI is InChI=1S/C8H19N.C3H6O/c1-3-4-5-8(2)6-7-9;1-3(2)4/h8H,3-7,9H2,1-2H3;1-2H3. The average Bonchev–Trinajstić information content (AvgIpc) is 2.00. The molecule has 80 valence electrons. The summed E-state index contributed by atoms with van der Waals surface area (Å²) < 4.78 is 0. The largest absolute Gasteiger partial charge is 0.330 e. The van der Waals surface area contributed by atoms with E-state index < -0.39 is 0 Å². The number of unbranched alkanes of at least 4 members (excludes halogenated alkanes) is 1. The molecule has 0 spiro atoms. The van der Waals surface area contributed by atoms with Gasteiger partial charge < -0.3 is 10.5 Å². The van der Waals surface area contributed by atoms with E-state index in [1.807, 2.05) is 0 Å². The van der Waals surface area contributed by atoms with Gasteiger partial charge in [0.1, 0.15) is 5.78 Å². The van der Waals surface area contributed by atoms with Crippen molar-refractivity contribution in [3.63, 3.8) is 0 Å². The number of hydrogen-bond acceptors (Lipinski definition) is 2. The van der Waals surface area contributed by atoms with Crippen molar-refractivity contribution < 1.29 is 4.79 Å². The van der Waals surface area contributed by atoms with Crippen LogP contribution in [-0.4, -0.2) is 12.3 Å². The second kappa shape index (κ2) is 11.6. The van der Waals surface area contributed by atoms with Gasteiger partial charge >= 0.3 is 0 Å². The van der Waals surface area contributed by atoms with E-state index in [1.165, 1.54) is 39.5 Å². The van der Waals surface area contributed by atoms with E-state index >= 15 is 0 Å². The summed E-state index contributed by atoms with van der Waals surface area (Å²) >= 11 is 0. The molecule has 0 saturated heterocycles. The first-order chi connectivity index (χ1) is 6.04. The Morgan fingerprint density at radius 2 is 1.77 bits per heavy atom. The molecule has 0 heterocycles. The van der Waals surface area contributed by atoms with E-state index in [2.05, 4.69) is 13.8 Å². The number of ketones is 1. The Balaban J connectivity index is 0. The molecule has 0 aliphatic rings. The number of Topliss-reactive ketones (excluding diaryl/α,β-unsaturated/α-hetero) is 1. The molecule has 13 heavy (non-hydrogen) atoms. The molecule has 0 aliphatic carbocycles. The van der Waals surface area contributed by atoms with Crippen molar-refractivity contribution >= 4 is 5.78 Å². The van der Waals surface area contributed by atoms with E-state index in [0.717, 1.165) is 12.5 Å². The summed E-state index contributed by atoms with van der Waals surface area (Å²) in [6, 6.07) is 0. The van der Waals surface area contributed by atoms with Crippen LogP contribution >= 0.6 is 0 Å². The predicted molar refractivity (Wildman–Crippen MR) is 58.7 cm³/mol. The van der Waals surface area contributed by atoms with Crippen molar-refractivity contribution in [1.29, 1.82) is 0 Å². The minimum absolute atomic E-state index is 0.167. The average molecular weight is 187 g/mol. The lowest BCUT2D eigenvalue weighted by Crippen LogP contribution is -2.05. The minimum atomic E-state index is 0.167. The summed E-state index contributed by atoms with van der Waals surface area (Å²) in [6.45, 7) is 8.42. The van der Waals surface area contributed by atoms with Crippen molar-refractivity contribution in [3.8, 4) is 0 Å². The Bertz CT molecular complexity index is 109. The molecule has 0 radical (unpaired) electrons. The van der Waals surface area contributed by atoms with Crippen molar-refractivity contribution in [2.24, 2.45) is 11.7 Å². The molecule has 0 amide bonds. The predicted octanol–water partition coefficient (Wildman–Crippen LogP) is 2.76. The number of carbonyl (C=O) groups is 1. The Hall–Kier alpha value is -0.370. The lowest BCUT2D eigenvalue weighted by molar-refractivity contribution is -0.114.